The van der Waals surface area contributed by atoms with Crippen molar-refractivity contribution in [2.75, 3.05) is 14.2 Å². The molecule has 0 saturated carbocycles. The van der Waals surface area contributed by atoms with Crippen molar-refractivity contribution in [2.24, 2.45) is 5.73 Å². The summed E-state index contributed by atoms with van der Waals surface area (Å²) in [5.74, 6) is 2.40. The van der Waals surface area contributed by atoms with Gasteiger partial charge in [0.15, 0.2) is 11.5 Å². The minimum atomic E-state index is 0.369. The number of nitrogens with two attached hydrogens (primary N) is 1. The number of hydrogen-bond donors (Lipinski definition) is 1. The van der Waals surface area contributed by atoms with Crippen molar-refractivity contribution in [3.8, 4) is 23.0 Å². The van der Waals surface area contributed by atoms with Gasteiger partial charge in [0.25, 0.3) is 0 Å². The number of para-hydroxylation sites is 1. The van der Waals surface area contributed by atoms with Crippen molar-refractivity contribution in [3.05, 3.63) is 47.5 Å². The summed E-state index contributed by atoms with van der Waals surface area (Å²) in [4.78, 5) is 0.369. The maximum absolute atomic E-state index is 5.90. The molecule has 0 heterocycles. The maximum atomic E-state index is 5.90. The van der Waals surface area contributed by atoms with Gasteiger partial charge in [-0.05, 0) is 42.8 Å². The Bertz CT molecular complexity index is 648. The van der Waals surface area contributed by atoms with Crippen LogP contribution in [0.25, 0.3) is 0 Å². The zero-order chi connectivity index (χ0) is 15.4. The molecule has 0 atom stereocenters. The lowest BCUT2D eigenvalue weighted by atomic mass is 10.1. The second-order valence-corrected chi connectivity index (χ2v) is 4.87. The molecule has 5 heteroatoms. The molecule has 0 radical (unpaired) electrons. The second kappa shape index (κ2) is 6.45. The Kier molecular flexibility index (Phi) is 4.65. The molecule has 0 bridgehead atoms. The fourth-order valence-electron chi connectivity index (χ4n) is 2.01. The molecule has 0 aliphatic rings. The van der Waals surface area contributed by atoms with Gasteiger partial charge in [0.05, 0.1) is 14.2 Å². The van der Waals surface area contributed by atoms with E-state index >= 15 is 0 Å². The Hall–Kier alpha value is -2.27. The molecular weight excluding hydrogens is 286 g/mol. The van der Waals surface area contributed by atoms with Crippen LogP contribution in [0.4, 0.5) is 0 Å². The number of methoxy groups -OCH3 is 2. The SMILES string of the molecule is COc1cccc(OC)c1Oc1ccc(C(N)=S)c(C)c1. The van der Waals surface area contributed by atoms with Crippen LogP contribution < -0.4 is 19.9 Å². The van der Waals surface area contributed by atoms with Gasteiger partial charge in [-0.15, -0.1) is 0 Å². The van der Waals surface area contributed by atoms with E-state index in [2.05, 4.69) is 0 Å². The van der Waals surface area contributed by atoms with Crippen molar-refractivity contribution >= 4 is 17.2 Å². The normalized spacial score (nSPS) is 10.0. The van der Waals surface area contributed by atoms with Crippen molar-refractivity contribution < 1.29 is 14.2 Å². The van der Waals surface area contributed by atoms with E-state index in [0.717, 1.165) is 11.1 Å². The summed E-state index contributed by atoms with van der Waals surface area (Å²) in [5.41, 5.74) is 7.45. The fourth-order valence-corrected chi connectivity index (χ4v) is 2.24. The molecule has 21 heavy (non-hydrogen) atoms. The van der Waals surface area contributed by atoms with Crippen LogP contribution >= 0.6 is 12.2 Å². The zero-order valence-electron chi connectivity index (χ0n) is 12.2. The van der Waals surface area contributed by atoms with E-state index in [1.165, 1.54) is 0 Å². The number of aryl methyl sites for hydroxylation is 1. The van der Waals surface area contributed by atoms with Gasteiger partial charge in [0.2, 0.25) is 5.75 Å². The molecule has 0 amide bonds. The third kappa shape index (κ3) is 3.25. The highest BCUT2D eigenvalue weighted by Gasteiger charge is 2.13. The summed E-state index contributed by atoms with van der Waals surface area (Å²) in [6, 6.07) is 11.0. The number of ether oxygens (including phenoxy) is 3. The van der Waals surface area contributed by atoms with E-state index in [1.54, 1.807) is 14.2 Å². The molecule has 0 aliphatic carbocycles. The lowest BCUT2D eigenvalue weighted by molar-refractivity contribution is 0.346. The lowest BCUT2D eigenvalue weighted by Gasteiger charge is -2.14. The smallest absolute Gasteiger partial charge is 0.210 e. The summed E-state index contributed by atoms with van der Waals surface area (Å²) in [7, 11) is 3.17. The van der Waals surface area contributed by atoms with Crippen LogP contribution in [0.5, 0.6) is 23.0 Å². The van der Waals surface area contributed by atoms with E-state index in [0.29, 0.717) is 28.0 Å². The Balaban J connectivity index is 2.38. The molecule has 0 aromatic heterocycles. The summed E-state index contributed by atoms with van der Waals surface area (Å²) < 4.78 is 16.5. The molecule has 0 saturated heterocycles. The Labute approximate surface area is 129 Å². The van der Waals surface area contributed by atoms with E-state index in [9.17, 15) is 0 Å². The van der Waals surface area contributed by atoms with E-state index in [-0.39, 0.29) is 0 Å². The average molecular weight is 303 g/mol. The summed E-state index contributed by atoms with van der Waals surface area (Å²) in [6.07, 6.45) is 0. The molecule has 0 fully saturated rings. The van der Waals surface area contributed by atoms with Gasteiger partial charge in [0, 0.05) is 5.56 Å². The zero-order valence-corrected chi connectivity index (χ0v) is 13.0. The van der Waals surface area contributed by atoms with Gasteiger partial charge in [-0.25, -0.2) is 0 Å². The van der Waals surface area contributed by atoms with Crippen molar-refractivity contribution in [1.29, 1.82) is 0 Å². The standard InChI is InChI=1S/C16H17NO3S/c1-10-9-11(7-8-12(10)16(17)21)20-15-13(18-2)5-4-6-14(15)19-3/h4-9H,1-3H3,(H2,17,21). The van der Waals surface area contributed by atoms with Crippen LogP contribution in [0.2, 0.25) is 0 Å². The largest absolute Gasteiger partial charge is 0.493 e. The van der Waals surface area contributed by atoms with Gasteiger partial charge in [-0.3, -0.25) is 0 Å². The van der Waals surface area contributed by atoms with Crippen LogP contribution in [0, 0.1) is 6.92 Å². The predicted octanol–water partition coefficient (Wildman–Crippen LogP) is 3.44. The predicted molar refractivity (Wildman–Crippen MR) is 86.7 cm³/mol. The second-order valence-electron chi connectivity index (χ2n) is 4.43. The van der Waals surface area contributed by atoms with E-state index < -0.39 is 0 Å². The minimum absolute atomic E-state index is 0.369. The van der Waals surface area contributed by atoms with E-state index in [1.807, 2.05) is 43.3 Å². The molecular formula is C16H17NO3S. The third-order valence-electron chi connectivity index (χ3n) is 3.07. The van der Waals surface area contributed by atoms with Gasteiger partial charge in [0.1, 0.15) is 10.7 Å². The molecule has 2 N–H and O–H groups in total. The molecule has 0 spiro atoms. The summed E-state index contributed by atoms with van der Waals surface area (Å²) in [6.45, 7) is 1.93. The molecule has 0 aliphatic heterocycles. The molecule has 110 valence electrons. The van der Waals surface area contributed by atoms with Gasteiger partial charge >= 0.3 is 0 Å². The van der Waals surface area contributed by atoms with E-state index in [4.69, 9.17) is 32.2 Å². The molecule has 4 nitrogen and oxygen atoms in total. The summed E-state index contributed by atoms with van der Waals surface area (Å²) >= 11 is 5.00. The van der Waals surface area contributed by atoms with Crippen LogP contribution in [0.15, 0.2) is 36.4 Å². The highest BCUT2D eigenvalue weighted by Crippen LogP contribution is 2.40. The molecule has 2 aromatic rings. The number of rotatable bonds is 5. The first-order valence-corrected chi connectivity index (χ1v) is 6.77. The van der Waals surface area contributed by atoms with Gasteiger partial charge < -0.3 is 19.9 Å². The minimum Gasteiger partial charge on any atom is -0.493 e. The number of benzene rings is 2. The quantitative estimate of drug-likeness (QED) is 0.858. The average Bonchev–Trinajstić information content (AvgIpc) is 2.47. The number of thiocarbonyl (C=S) groups is 1. The highest BCUT2D eigenvalue weighted by molar-refractivity contribution is 7.80. The first-order valence-electron chi connectivity index (χ1n) is 6.36. The van der Waals surface area contributed by atoms with Crippen molar-refractivity contribution in [2.45, 2.75) is 6.92 Å². The lowest BCUT2D eigenvalue weighted by Crippen LogP contribution is -2.10. The van der Waals surface area contributed by atoms with Crippen molar-refractivity contribution in [3.63, 3.8) is 0 Å². The molecule has 2 rings (SSSR count). The first kappa shape index (κ1) is 15.1. The fraction of sp³-hybridized carbons (Fsp3) is 0.188. The number of hydrogen-bond acceptors (Lipinski definition) is 4. The first-order chi connectivity index (χ1) is 10.1. The van der Waals surface area contributed by atoms with Crippen LogP contribution in [0.1, 0.15) is 11.1 Å². The molecule has 0 unspecified atom stereocenters. The summed E-state index contributed by atoms with van der Waals surface area (Å²) in [5, 5.41) is 0. The topological polar surface area (TPSA) is 53.7 Å². The van der Waals surface area contributed by atoms with Crippen LogP contribution in [-0.2, 0) is 0 Å². The van der Waals surface area contributed by atoms with Gasteiger partial charge in [-0.1, -0.05) is 18.3 Å². The van der Waals surface area contributed by atoms with Gasteiger partial charge in [-0.2, -0.15) is 0 Å². The molecule has 2 aromatic carbocycles. The highest BCUT2D eigenvalue weighted by atomic mass is 32.1. The Morgan fingerprint density at radius 3 is 2.14 bits per heavy atom. The third-order valence-corrected chi connectivity index (χ3v) is 3.29. The van der Waals surface area contributed by atoms with Crippen LogP contribution in [-0.4, -0.2) is 19.2 Å². The maximum Gasteiger partial charge on any atom is 0.210 e. The van der Waals surface area contributed by atoms with Crippen molar-refractivity contribution in [1.82, 2.24) is 0 Å². The Morgan fingerprint density at radius 1 is 1.05 bits per heavy atom. The monoisotopic (exact) mass is 303 g/mol. The Morgan fingerprint density at radius 2 is 1.67 bits per heavy atom. The van der Waals surface area contributed by atoms with Crippen LogP contribution in [0.3, 0.4) is 0 Å².